The lowest BCUT2D eigenvalue weighted by Gasteiger charge is -2.24. The predicted molar refractivity (Wildman–Crippen MR) is 133 cm³/mol. The Morgan fingerprint density at radius 3 is 2.39 bits per heavy atom. The van der Waals surface area contributed by atoms with Crippen LogP contribution in [-0.2, 0) is 24.4 Å². The van der Waals surface area contributed by atoms with Gasteiger partial charge in [0.25, 0.3) is 0 Å². The number of nitrogens with zero attached hydrogens (tertiary/aromatic N) is 3. The minimum atomic E-state index is -5.08. The molecule has 3 rings (SSSR count). The highest BCUT2D eigenvalue weighted by molar-refractivity contribution is 7.92. The van der Waals surface area contributed by atoms with Gasteiger partial charge in [0.2, 0.25) is 15.9 Å². The number of sulfonamides is 1. The molecule has 17 heteroatoms. The first-order chi connectivity index (χ1) is 17.7. The van der Waals surface area contributed by atoms with Gasteiger partial charge in [-0.3, -0.25) is 14.6 Å². The summed E-state index contributed by atoms with van der Waals surface area (Å²) in [5.74, 6) is -4.50. The smallest absolute Gasteiger partial charge is 0.480 e. The molecule has 0 spiro atoms. The molecule has 1 atom stereocenters. The number of aliphatic carboxylic acids is 2. The van der Waals surface area contributed by atoms with Crippen LogP contribution in [0.25, 0.3) is 6.08 Å². The number of hydrogen-bond donors (Lipinski definition) is 3. The third-order valence-electron chi connectivity index (χ3n) is 4.87. The Hall–Kier alpha value is -3.21. The van der Waals surface area contributed by atoms with Gasteiger partial charge in [0.15, 0.2) is 0 Å². The van der Waals surface area contributed by atoms with Crippen LogP contribution in [0.2, 0.25) is 4.34 Å². The second kappa shape index (κ2) is 13.5. The van der Waals surface area contributed by atoms with Crippen LogP contribution in [0.1, 0.15) is 11.3 Å². The first-order valence-corrected chi connectivity index (χ1v) is 13.3. The number of carbonyl (C=O) groups is 3. The number of carboxylic acids is 2. The Balaban J connectivity index is 0.000000638. The normalized spacial score (nSPS) is 16.0. The average molecular weight is 599 g/mol. The topological polar surface area (TPSA) is 157 Å². The molecule has 0 bridgehead atoms. The summed E-state index contributed by atoms with van der Waals surface area (Å²) < 4.78 is 58.7. The summed E-state index contributed by atoms with van der Waals surface area (Å²) in [6, 6.07) is 5.81. The molecule has 1 fully saturated rings. The van der Waals surface area contributed by atoms with E-state index in [0.717, 1.165) is 15.4 Å². The molecule has 0 aromatic carbocycles. The number of rotatable bonds is 10. The molecular formula is C21H22ClF3N4O7S2. The summed E-state index contributed by atoms with van der Waals surface area (Å²) in [5.41, 5.74) is 0.854. The van der Waals surface area contributed by atoms with Gasteiger partial charge in [-0.25, -0.2) is 13.2 Å². The molecule has 2 aromatic rings. The molecule has 3 N–H and O–H groups in total. The van der Waals surface area contributed by atoms with E-state index in [0.29, 0.717) is 28.8 Å². The number of alkyl halides is 3. The van der Waals surface area contributed by atoms with Crippen molar-refractivity contribution in [3.63, 3.8) is 0 Å². The number of thiophene rings is 1. The lowest BCUT2D eigenvalue weighted by molar-refractivity contribution is -0.192. The number of carbonyl (C=O) groups excluding carboxylic acids is 1. The minimum Gasteiger partial charge on any atom is -0.480 e. The molecule has 38 heavy (non-hydrogen) atoms. The molecule has 1 amide bonds. The van der Waals surface area contributed by atoms with E-state index < -0.39 is 46.6 Å². The molecular weight excluding hydrogens is 577 g/mol. The van der Waals surface area contributed by atoms with Gasteiger partial charge >= 0.3 is 18.1 Å². The molecule has 0 radical (unpaired) electrons. The Bertz CT molecular complexity index is 1260. The van der Waals surface area contributed by atoms with Crippen LogP contribution < -0.4 is 5.32 Å². The van der Waals surface area contributed by atoms with E-state index in [4.69, 9.17) is 21.5 Å². The Morgan fingerprint density at radius 1 is 1.24 bits per heavy atom. The average Bonchev–Trinajstić information content (AvgIpc) is 3.41. The maximum atomic E-state index is 12.8. The van der Waals surface area contributed by atoms with Crippen molar-refractivity contribution in [2.45, 2.75) is 18.6 Å². The fraction of sp³-hybridized carbons (Fsp3) is 0.333. The van der Waals surface area contributed by atoms with Gasteiger partial charge in [0.1, 0.15) is 12.6 Å². The van der Waals surface area contributed by atoms with Gasteiger partial charge in [-0.05, 0) is 36.8 Å². The lowest BCUT2D eigenvalue weighted by atomic mass is 10.2. The van der Waals surface area contributed by atoms with Crippen molar-refractivity contribution in [3.8, 4) is 0 Å². The molecule has 1 aliphatic heterocycles. The van der Waals surface area contributed by atoms with Gasteiger partial charge < -0.3 is 20.4 Å². The van der Waals surface area contributed by atoms with Gasteiger partial charge in [-0.15, -0.1) is 11.3 Å². The quantitative estimate of drug-likeness (QED) is 0.374. The zero-order chi connectivity index (χ0) is 28.5. The van der Waals surface area contributed by atoms with E-state index in [1.54, 1.807) is 36.7 Å². The number of hydrogen-bond acceptors (Lipinski definition) is 8. The highest BCUT2D eigenvalue weighted by Gasteiger charge is 2.41. The summed E-state index contributed by atoms with van der Waals surface area (Å²) in [6.45, 7) is 0.379. The van der Waals surface area contributed by atoms with Crippen molar-refractivity contribution in [2.24, 2.45) is 0 Å². The molecule has 11 nitrogen and oxygen atoms in total. The zero-order valence-electron chi connectivity index (χ0n) is 19.3. The van der Waals surface area contributed by atoms with Crippen LogP contribution in [-0.4, -0.2) is 89.1 Å². The molecule has 208 valence electrons. The number of nitrogens with one attached hydrogen (secondary N) is 1. The van der Waals surface area contributed by atoms with Crippen LogP contribution in [0.4, 0.5) is 18.9 Å². The van der Waals surface area contributed by atoms with Crippen LogP contribution >= 0.6 is 22.9 Å². The van der Waals surface area contributed by atoms with Crippen molar-refractivity contribution < 1.29 is 46.2 Å². The second-order valence-corrected chi connectivity index (χ2v) is 11.0. The summed E-state index contributed by atoms with van der Waals surface area (Å²) in [4.78, 5) is 39.1. The number of likely N-dealkylation sites (tertiary alicyclic amines) is 1. The van der Waals surface area contributed by atoms with Crippen LogP contribution in [0.5, 0.6) is 0 Å². The Labute approximate surface area is 224 Å². The third-order valence-corrected chi connectivity index (χ3v) is 7.58. The fourth-order valence-corrected chi connectivity index (χ4v) is 5.54. The largest absolute Gasteiger partial charge is 0.490 e. The highest BCUT2D eigenvalue weighted by atomic mass is 35.5. The second-order valence-electron chi connectivity index (χ2n) is 7.52. The first-order valence-electron chi connectivity index (χ1n) is 10.6. The molecule has 0 saturated carbocycles. The number of halogens is 4. The Morgan fingerprint density at radius 2 is 1.87 bits per heavy atom. The molecule has 2 aromatic heterocycles. The van der Waals surface area contributed by atoms with Gasteiger partial charge in [0, 0.05) is 48.0 Å². The van der Waals surface area contributed by atoms with E-state index in [2.05, 4.69) is 10.3 Å². The Kier molecular flexibility index (Phi) is 11.1. The molecule has 3 heterocycles. The number of carboxylic acid groups (broad SMARTS) is 2. The van der Waals surface area contributed by atoms with E-state index in [1.807, 2.05) is 0 Å². The van der Waals surface area contributed by atoms with Gasteiger partial charge in [-0.1, -0.05) is 11.6 Å². The highest BCUT2D eigenvalue weighted by Crippen LogP contribution is 2.25. The summed E-state index contributed by atoms with van der Waals surface area (Å²) >= 11 is 7.04. The van der Waals surface area contributed by atoms with Gasteiger partial charge in [0.05, 0.1) is 4.34 Å². The SMILES string of the molecule is O=C(O)C(F)(F)F.O=C(O)CN(C1CCN(CCNc2ccncc2)C1=O)S(=O)(=O)C=Cc1ccc(Cl)s1. The number of anilines is 1. The minimum absolute atomic E-state index is 0.221. The van der Waals surface area contributed by atoms with Crippen LogP contribution in [0, 0.1) is 0 Å². The van der Waals surface area contributed by atoms with E-state index in [1.165, 1.54) is 22.3 Å². The fourth-order valence-electron chi connectivity index (χ4n) is 3.18. The number of amides is 1. The maximum Gasteiger partial charge on any atom is 0.490 e. The predicted octanol–water partition coefficient (Wildman–Crippen LogP) is 2.83. The van der Waals surface area contributed by atoms with Crippen molar-refractivity contribution in [2.75, 3.05) is 31.5 Å². The van der Waals surface area contributed by atoms with Gasteiger partial charge in [-0.2, -0.15) is 17.5 Å². The van der Waals surface area contributed by atoms with Crippen LogP contribution in [0.3, 0.4) is 0 Å². The van der Waals surface area contributed by atoms with E-state index in [9.17, 15) is 36.3 Å². The summed E-state index contributed by atoms with van der Waals surface area (Å²) in [5, 5.41) is 20.4. The van der Waals surface area contributed by atoms with Crippen molar-refractivity contribution in [1.29, 1.82) is 0 Å². The standard InChI is InChI=1S/C19H21ClN4O5S2.C2HF3O2/c20-17-2-1-15(30-17)6-12-31(28,29)24(13-18(25)26)16-5-10-23(19(16)27)11-9-22-14-3-7-21-8-4-14;3-2(4,5)1(6)7/h1-4,6-8,12,16H,5,9-11,13H2,(H,21,22)(H,25,26);(H,6,7). The van der Waals surface area contributed by atoms with Crippen molar-refractivity contribution in [3.05, 3.63) is 51.3 Å². The van der Waals surface area contributed by atoms with Crippen LogP contribution in [0.15, 0.2) is 42.1 Å². The maximum absolute atomic E-state index is 12.8. The van der Waals surface area contributed by atoms with E-state index in [-0.39, 0.29) is 6.42 Å². The monoisotopic (exact) mass is 598 g/mol. The lowest BCUT2D eigenvalue weighted by Crippen LogP contribution is -2.47. The third kappa shape index (κ3) is 9.59. The first kappa shape index (κ1) is 31.0. The van der Waals surface area contributed by atoms with E-state index >= 15 is 0 Å². The molecule has 1 aliphatic rings. The molecule has 1 unspecified atom stereocenters. The summed E-state index contributed by atoms with van der Waals surface area (Å²) in [7, 11) is -4.14. The zero-order valence-corrected chi connectivity index (χ0v) is 21.7. The summed E-state index contributed by atoms with van der Waals surface area (Å²) in [6.07, 6.45) is -0.229. The molecule has 0 aliphatic carbocycles. The van der Waals surface area contributed by atoms with Crippen molar-refractivity contribution in [1.82, 2.24) is 14.2 Å². The number of aromatic nitrogens is 1. The van der Waals surface area contributed by atoms with Crippen molar-refractivity contribution >= 4 is 62.6 Å². The number of pyridine rings is 1. The molecule has 1 saturated heterocycles.